The van der Waals surface area contributed by atoms with E-state index >= 15 is 0 Å². The molecule has 0 aliphatic heterocycles. The van der Waals surface area contributed by atoms with Crippen LogP contribution < -0.4 is 19.1 Å². The molecule has 0 fully saturated rings. The van der Waals surface area contributed by atoms with Gasteiger partial charge in [0, 0.05) is 19.5 Å². The van der Waals surface area contributed by atoms with Gasteiger partial charge in [-0.3, -0.25) is 13.9 Å². The molecular formula is C35H39N3O6S. The van der Waals surface area contributed by atoms with Crippen LogP contribution in [-0.4, -0.2) is 58.5 Å². The molecule has 236 valence electrons. The molecule has 0 heterocycles. The number of hydrogen-bond acceptors (Lipinski definition) is 6. The van der Waals surface area contributed by atoms with Crippen LogP contribution in [0.1, 0.15) is 23.6 Å². The molecule has 9 nitrogen and oxygen atoms in total. The Balaban J connectivity index is 1.80. The van der Waals surface area contributed by atoms with Gasteiger partial charge in [0.2, 0.25) is 11.8 Å². The third-order valence-electron chi connectivity index (χ3n) is 7.36. The lowest BCUT2D eigenvalue weighted by molar-refractivity contribution is -0.140. The smallest absolute Gasteiger partial charge is 0.264 e. The number of nitrogens with one attached hydrogen (secondary N) is 1. The molecule has 0 aromatic heterocycles. The number of methoxy groups -OCH3 is 2. The Morgan fingerprint density at radius 1 is 0.800 bits per heavy atom. The fourth-order valence-corrected chi connectivity index (χ4v) is 6.34. The number of carbonyl (C=O) groups excluding carboxylic acids is 2. The van der Waals surface area contributed by atoms with E-state index in [9.17, 15) is 18.0 Å². The Bertz CT molecular complexity index is 1680. The molecule has 0 aliphatic rings. The van der Waals surface area contributed by atoms with Gasteiger partial charge in [0.25, 0.3) is 10.0 Å². The predicted octanol–water partition coefficient (Wildman–Crippen LogP) is 4.98. The van der Waals surface area contributed by atoms with E-state index in [0.29, 0.717) is 23.7 Å². The van der Waals surface area contributed by atoms with Gasteiger partial charge in [-0.1, -0.05) is 60.2 Å². The van der Waals surface area contributed by atoms with Gasteiger partial charge in [0.1, 0.15) is 24.1 Å². The van der Waals surface area contributed by atoms with E-state index in [4.69, 9.17) is 9.47 Å². The van der Waals surface area contributed by atoms with Gasteiger partial charge >= 0.3 is 0 Å². The lowest BCUT2D eigenvalue weighted by atomic mass is 10.0. The minimum atomic E-state index is -4.21. The van der Waals surface area contributed by atoms with Gasteiger partial charge in [-0.15, -0.1) is 0 Å². The van der Waals surface area contributed by atoms with Crippen molar-refractivity contribution < 1.29 is 27.5 Å². The molecule has 1 N–H and O–H groups in total. The summed E-state index contributed by atoms with van der Waals surface area (Å²) in [6.07, 6.45) is 0.234. The van der Waals surface area contributed by atoms with Crippen molar-refractivity contribution >= 4 is 27.5 Å². The van der Waals surface area contributed by atoms with Crippen LogP contribution in [0.3, 0.4) is 0 Å². The monoisotopic (exact) mass is 629 g/mol. The second-order valence-electron chi connectivity index (χ2n) is 10.5. The van der Waals surface area contributed by atoms with E-state index in [-0.39, 0.29) is 23.8 Å². The number of carbonyl (C=O) groups is 2. The van der Waals surface area contributed by atoms with Crippen LogP contribution in [0, 0.1) is 6.92 Å². The third-order valence-corrected chi connectivity index (χ3v) is 9.15. The second kappa shape index (κ2) is 15.3. The van der Waals surface area contributed by atoms with E-state index in [0.717, 1.165) is 21.0 Å². The summed E-state index contributed by atoms with van der Waals surface area (Å²) in [5.74, 6) is 0.225. The van der Waals surface area contributed by atoms with Gasteiger partial charge in [0.05, 0.1) is 24.8 Å². The summed E-state index contributed by atoms with van der Waals surface area (Å²) < 4.78 is 40.0. The number of sulfonamides is 1. The summed E-state index contributed by atoms with van der Waals surface area (Å²) in [5.41, 5.74) is 2.85. The SMILES string of the molecule is CCNC(=O)[C@H](Cc1ccccc1)N(Cc1cccc(OC)c1)C(=O)CN(c1ccc(C)cc1)S(=O)(=O)c1ccc(OC)cc1. The van der Waals surface area contributed by atoms with Crippen molar-refractivity contribution in [2.75, 3.05) is 31.6 Å². The standard InChI is InChI=1S/C35H39N3O6S/c1-5-36-35(40)33(23-27-10-7-6-8-11-27)37(24-28-12-9-13-31(22-28)44-4)34(39)25-38(29-16-14-26(2)15-17-29)45(41,42)32-20-18-30(43-3)19-21-32/h6-22,33H,5,23-25H2,1-4H3,(H,36,40)/t33-/m0/s1. The first-order chi connectivity index (χ1) is 21.7. The molecule has 0 aliphatic carbocycles. The summed E-state index contributed by atoms with van der Waals surface area (Å²) in [6.45, 7) is 3.59. The van der Waals surface area contributed by atoms with E-state index in [1.165, 1.54) is 24.1 Å². The number of amides is 2. The van der Waals surface area contributed by atoms with Crippen molar-refractivity contribution in [2.24, 2.45) is 0 Å². The molecule has 0 radical (unpaired) electrons. The molecule has 2 amide bonds. The van der Waals surface area contributed by atoms with Gasteiger partial charge in [-0.2, -0.15) is 0 Å². The van der Waals surface area contributed by atoms with E-state index in [1.54, 1.807) is 55.6 Å². The fourth-order valence-electron chi connectivity index (χ4n) is 4.93. The third kappa shape index (κ3) is 8.42. The molecule has 45 heavy (non-hydrogen) atoms. The molecular weight excluding hydrogens is 590 g/mol. The molecule has 0 unspecified atom stereocenters. The van der Waals surface area contributed by atoms with E-state index in [1.807, 2.05) is 56.3 Å². The molecule has 4 aromatic carbocycles. The quantitative estimate of drug-likeness (QED) is 0.211. The van der Waals surface area contributed by atoms with Crippen molar-refractivity contribution in [3.63, 3.8) is 0 Å². The highest BCUT2D eigenvalue weighted by Crippen LogP contribution is 2.27. The summed E-state index contributed by atoms with van der Waals surface area (Å²) in [6, 6.07) is 28.7. The Morgan fingerprint density at radius 2 is 1.44 bits per heavy atom. The van der Waals surface area contributed by atoms with Crippen LogP contribution >= 0.6 is 0 Å². The highest BCUT2D eigenvalue weighted by atomic mass is 32.2. The van der Waals surface area contributed by atoms with Gasteiger partial charge in [-0.05, 0) is 73.5 Å². The van der Waals surface area contributed by atoms with Crippen LogP contribution in [0.5, 0.6) is 11.5 Å². The molecule has 1 atom stereocenters. The summed E-state index contributed by atoms with van der Waals surface area (Å²) in [5, 5.41) is 2.87. The number of anilines is 1. The first-order valence-corrected chi connectivity index (χ1v) is 16.1. The largest absolute Gasteiger partial charge is 0.497 e. The number of ether oxygens (including phenoxy) is 2. The first kappa shape index (κ1) is 33.1. The lowest BCUT2D eigenvalue weighted by Crippen LogP contribution is -2.53. The molecule has 0 saturated carbocycles. The lowest BCUT2D eigenvalue weighted by Gasteiger charge is -2.34. The molecule has 0 saturated heterocycles. The van der Waals surface area contributed by atoms with Crippen molar-refractivity contribution in [2.45, 2.75) is 37.8 Å². The number of rotatable bonds is 14. The van der Waals surface area contributed by atoms with Crippen LogP contribution in [0.25, 0.3) is 0 Å². The normalized spacial score (nSPS) is 11.7. The number of aryl methyl sites for hydroxylation is 1. The predicted molar refractivity (Wildman–Crippen MR) is 175 cm³/mol. The first-order valence-electron chi connectivity index (χ1n) is 14.6. The zero-order valence-electron chi connectivity index (χ0n) is 26.0. The van der Waals surface area contributed by atoms with Crippen LogP contribution in [0.2, 0.25) is 0 Å². The topological polar surface area (TPSA) is 105 Å². The zero-order valence-corrected chi connectivity index (χ0v) is 26.8. The summed E-state index contributed by atoms with van der Waals surface area (Å²) in [4.78, 5) is 29.5. The number of hydrogen-bond donors (Lipinski definition) is 1. The average Bonchev–Trinajstić information content (AvgIpc) is 3.06. The van der Waals surface area contributed by atoms with Crippen molar-refractivity contribution in [3.05, 3.63) is 120 Å². The van der Waals surface area contributed by atoms with Gasteiger partial charge in [-0.25, -0.2) is 8.42 Å². The van der Waals surface area contributed by atoms with Crippen molar-refractivity contribution in [1.29, 1.82) is 0 Å². The Morgan fingerprint density at radius 3 is 2.07 bits per heavy atom. The Hall–Kier alpha value is -4.83. The number of benzene rings is 4. The maximum absolute atomic E-state index is 14.5. The van der Waals surface area contributed by atoms with E-state index in [2.05, 4.69) is 5.32 Å². The Labute approximate surface area is 265 Å². The number of nitrogens with zero attached hydrogens (tertiary/aromatic N) is 2. The average molecular weight is 630 g/mol. The Kier molecular flexibility index (Phi) is 11.2. The maximum atomic E-state index is 14.5. The molecule has 0 spiro atoms. The fraction of sp³-hybridized carbons (Fsp3) is 0.257. The van der Waals surface area contributed by atoms with Crippen molar-refractivity contribution in [1.82, 2.24) is 10.2 Å². The summed E-state index contributed by atoms with van der Waals surface area (Å²) >= 11 is 0. The van der Waals surface area contributed by atoms with E-state index < -0.39 is 28.5 Å². The molecule has 4 aromatic rings. The highest BCUT2D eigenvalue weighted by Gasteiger charge is 2.34. The molecule has 10 heteroatoms. The maximum Gasteiger partial charge on any atom is 0.264 e. The number of likely N-dealkylation sites (N-methyl/N-ethyl adjacent to an activating group) is 1. The molecule has 0 bridgehead atoms. The minimum absolute atomic E-state index is 0.000539. The van der Waals surface area contributed by atoms with Gasteiger partial charge < -0.3 is 19.7 Å². The van der Waals surface area contributed by atoms with Crippen LogP contribution in [-0.2, 0) is 32.6 Å². The summed E-state index contributed by atoms with van der Waals surface area (Å²) in [7, 11) is -1.16. The van der Waals surface area contributed by atoms with Crippen LogP contribution in [0.4, 0.5) is 5.69 Å². The van der Waals surface area contributed by atoms with Crippen LogP contribution in [0.15, 0.2) is 108 Å². The second-order valence-corrected chi connectivity index (χ2v) is 12.4. The minimum Gasteiger partial charge on any atom is -0.497 e. The van der Waals surface area contributed by atoms with Crippen molar-refractivity contribution in [3.8, 4) is 11.5 Å². The molecule has 4 rings (SSSR count). The van der Waals surface area contributed by atoms with Gasteiger partial charge in [0.15, 0.2) is 0 Å². The zero-order chi connectivity index (χ0) is 32.4. The highest BCUT2D eigenvalue weighted by molar-refractivity contribution is 7.92.